The van der Waals surface area contributed by atoms with Gasteiger partial charge in [-0.3, -0.25) is 4.90 Å². The van der Waals surface area contributed by atoms with Gasteiger partial charge in [0, 0.05) is 30.5 Å². The highest BCUT2D eigenvalue weighted by Crippen LogP contribution is 2.80. The molecule has 0 radical (unpaired) electrons. The molecule has 3 aliphatic carbocycles. The van der Waals surface area contributed by atoms with Crippen LogP contribution in [0.5, 0.6) is 0 Å². The zero-order valence-electron chi connectivity index (χ0n) is 25.0. The third-order valence-corrected chi connectivity index (χ3v) is 12.7. The minimum Gasteiger partial charge on any atom is -0.394 e. The Morgan fingerprint density at radius 3 is 2.68 bits per heavy atom. The smallest absolute Gasteiger partial charge is 0.0787 e. The summed E-state index contributed by atoms with van der Waals surface area (Å²) in [6.45, 7) is 18.4. The minimum absolute atomic E-state index is 0.0301. The number of hydrogen-bond donors (Lipinski definition) is 1. The molecule has 5 rings (SSSR count). The lowest BCUT2D eigenvalue weighted by atomic mass is 9.59. The number of ether oxygens (including phenoxy) is 2. The van der Waals surface area contributed by atoms with Crippen molar-refractivity contribution in [2.75, 3.05) is 32.9 Å². The van der Waals surface area contributed by atoms with E-state index in [2.05, 4.69) is 52.5 Å². The van der Waals surface area contributed by atoms with E-state index in [0.29, 0.717) is 53.4 Å². The highest BCUT2D eigenvalue weighted by Gasteiger charge is 2.79. The Kier molecular flexibility index (Phi) is 8.00. The summed E-state index contributed by atoms with van der Waals surface area (Å²) >= 11 is 0. The van der Waals surface area contributed by atoms with E-state index >= 15 is 0 Å². The molecule has 1 spiro atoms. The number of piperidine rings is 1. The predicted octanol–water partition coefficient (Wildman–Crippen LogP) is 7.00. The molecule has 5 fully saturated rings. The molecule has 9 atom stereocenters. The van der Waals surface area contributed by atoms with E-state index in [0.717, 1.165) is 19.0 Å². The summed E-state index contributed by atoms with van der Waals surface area (Å²) in [5.74, 6) is 1.95. The van der Waals surface area contributed by atoms with E-state index in [4.69, 9.17) is 14.6 Å². The number of allylic oxidation sites excluding steroid dienone is 2. The van der Waals surface area contributed by atoms with Gasteiger partial charge in [-0.25, -0.2) is 0 Å². The fourth-order valence-electron chi connectivity index (χ4n) is 10.5. The molecule has 4 nitrogen and oxygen atoms in total. The van der Waals surface area contributed by atoms with Crippen LogP contribution in [0, 0.1) is 34.0 Å². The Morgan fingerprint density at radius 1 is 1.11 bits per heavy atom. The summed E-state index contributed by atoms with van der Waals surface area (Å²) in [5, 5.41) is 9.13. The van der Waals surface area contributed by atoms with Crippen LogP contribution in [0.4, 0.5) is 0 Å². The van der Waals surface area contributed by atoms with Gasteiger partial charge in [-0.1, -0.05) is 59.1 Å². The maximum atomic E-state index is 9.13. The highest BCUT2D eigenvalue weighted by atomic mass is 16.5. The molecule has 2 saturated heterocycles. The van der Waals surface area contributed by atoms with E-state index < -0.39 is 0 Å². The van der Waals surface area contributed by atoms with Crippen LogP contribution in [-0.4, -0.2) is 60.7 Å². The van der Waals surface area contributed by atoms with Gasteiger partial charge in [0.15, 0.2) is 0 Å². The summed E-state index contributed by atoms with van der Waals surface area (Å²) in [5.41, 5.74) is 2.91. The molecule has 37 heavy (non-hydrogen) atoms. The lowest BCUT2D eigenvalue weighted by molar-refractivity contribution is -0.142. The summed E-state index contributed by atoms with van der Waals surface area (Å²) in [4.78, 5) is 2.70. The molecule has 7 unspecified atom stereocenters. The van der Waals surface area contributed by atoms with Gasteiger partial charge in [-0.2, -0.15) is 0 Å². The largest absolute Gasteiger partial charge is 0.394 e. The van der Waals surface area contributed by atoms with Gasteiger partial charge in [0.25, 0.3) is 0 Å². The van der Waals surface area contributed by atoms with Gasteiger partial charge in [0.05, 0.1) is 31.5 Å². The average molecular weight is 516 g/mol. The second-order valence-corrected chi connectivity index (χ2v) is 14.5. The van der Waals surface area contributed by atoms with Crippen molar-refractivity contribution in [1.82, 2.24) is 4.90 Å². The van der Waals surface area contributed by atoms with Gasteiger partial charge in [0.2, 0.25) is 0 Å². The SMILES string of the molecule is C/C=C1/CCCCCC1(C)C(C)CC12CCCC3(O[C@@H]4CC(C)CN(CCOCCO)C4[C@H]3C)C1(C)C2. The lowest BCUT2D eigenvalue weighted by Crippen LogP contribution is -2.54. The Balaban J connectivity index is 1.36. The Morgan fingerprint density at radius 2 is 1.92 bits per heavy atom. The zero-order chi connectivity index (χ0) is 26.5. The molecule has 212 valence electrons. The summed E-state index contributed by atoms with van der Waals surface area (Å²) in [6.07, 6.45) is 17.6. The number of fused-ring (bicyclic) bond motifs is 3. The molecule has 0 bridgehead atoms. The number of nitrogens with zero attached hydrogens (tertiary/aromatic N) is 1. The summed E-state index contributed by atoms with van der Waals surface area (Å²) < 4.78 is 13.1. The van der Waals surface area contributed by atoms with Crippen molar-refractivity contribution in [2.24, 2.45) is 34.0 Å². The monoisotopic (exact) mass is 515 g/mol. The topological polar surface area (TPSA) is 41.9 Å². The third kappa shape index (κ3) is 4.49. The van der Waals surface area contributed by atoms with Crippen molar-refractivity contribution < 1.29 is 14.6 Å². The number of likely N-dealkylation sites (tertiary alicyclic amines) is 1. The molecule has 2 heterocycles. The van der Waals surface area contributed by atoms with Crippen LogP contribution in [-0.2, 0) is 9.47 Å². The fraction of sp³-hybridized carbons (Fsp3) is 0.939. The van der Waals surface area contributed by atoms with Crippen LogP contribution >= 0.6 is 0 Å². The second-order valence-electron chi connectivity index (χ2n) is 14.5. The molecule has 2 aliphatic heterocycles. The van der Waals surface area contributed by atoms with Crippen LogP contribution in [0.2, 0.25) is 0 Å². The molecule has 5 aliphatic rings. The van der Waals surface area contributed by atoms with Crippen molar-refractivity contribution in [1.29, 1.82) is 0 Å². The van der Waals surface area contributed by atoms with Crippen LogP contribution in [0.1, 0.15) is 112 Å². The van der Waals surface area contributed by atoms with E-state index in [-0.39, 0.29) is 12.2 Å². The Bertz CT molecular complexity index is 843. The standard InChI is InChI=1S/C33H57NO3/c1-7-27-12-9-8-10-13-30(27,5)25(3)21-32-14-11-15-33(31(32,6)23-32)26(4)29-28(37-33)20-24(2)22-34(29)16-18-36-19-17-35/h7,24-26,28-29,35H,8-23H2,1-6H3/b27-7-/t24?,25?,26-,28-,29?,30?,31?,32?,33?/m1/s1. The molecule has 0 aromatic rings. The first-order valence-electron chi connectivity index (χ1n) is 15.9. The number of aliphatic hydroxyl groups excluding tert-OH is 1. The van der Waals surface area contributed by atoms with E-state index in [1.165, 1.54) is 70.6 Å². The number of hydrogen-bond acceptors (Lipinski definition) is 4. The molecule has 4 heteroatoms. The first-order chi connectivity index (χ1) is 17.7. The quantitative estimate of drug-likeness (QED) is 0.215. The van der Waals surface area contributed by atoms with Crippen LogP contribution < -0.4 is 0 Å². The maximum absolute atomic E-state index is 9.13. The highest BCUT2D eigenvalue weighted by molar-refractivity contribution is 5.29. The van der Waals surface area contributed by atoms with Gasteiger partial charge in [0.1, 0.15) is 0 Å². The molecule has 0 aromatic carbocycles. The first kappa shape index (κ1) is 28.1. The summed E-state index contributed by atoms with van der Waals surface area (Å²) in [6, 6.07) is 0.508. The number of rotatable bonds is 8. The van der Waals surface area contributed by atoms with E-state index in [1.807, 2.05) is 0 Å². The van der Waals surface area contributed by atoms with Crippen molar-refractivity contribution in [2.45, 2.75) is 130 Å². The molecule has 1 N–H and O–H groups in total. The third-order valence-electron chi connectivity index (χ3n) is 12.7. The van der Waals surface area contributed by atoms with E-state index in [9.17, 15) is 0 Å². The Hall–Kier alpha value is -0.420. The zero-order valence-corrected chi connectivity index (χ0v) is 25.0. The second kappa shape index (κ2) is 10.5. The molecule has 0 amide bonds. The molecule has 3 saturated carbocycles. The lowest BCUT2D eigenvalue weighted by Gasteiger charge is -2.49. The van der Waals surface area contributed by atoms with Crippen molar-refractivity contribution in [3.8, 4) is 0 Å². The van der Waals surface area contributed by atoms with Gasteiger partial charge in [-0.05, 0) is 87.4 Å². The van der Waals surface area contributed by atoms with Crippen LogP contribution in [0.25, 0.3) is 0 Å². The van der Waals surface area contributed by atoms with Crippen molar-refractivity contribution in [3.63, 3.8) is 0 Å². The fourth-order valence-corrected chi connectivity index (χ4v) is 10.5. The maximum Gasteiger partial charge on any atom is 0.0787 e. The normalized spacial score (nSPS) is 48.0. The van der Waals surface area contributed by atoms with Crippen molar-refractivity contribution >= 4 is 0 Å². The average Bonchev–Trinajstić information content (AvgIpc) is 3.44. The summed E-state index contributed by atoms with van der Waals surface area (Å²) in [7, 11) is 0. The molecular weight excluding hydrogens is 458 g/mol. The predicted molar refractivity (Wildman–Crippen MR) is 152 cm³/mol. The van der Waals surface area contributed by atoms with Crippen molar-refractivity contribution in [3.05, 3.63) is 11.6 Å². The van der Waals surface area contributed by atoms with Crippen LogP contribution in [0.15, 0.2) is 11.6 Å². The Labute approximate surface area is 227 Å². The van der Waals surface area contributed by atoms with E-state index in [1.54, 1.807) is 5.57 Å². The van der Waals surface area contributed by atoms with Crippen LogP contribution in [0.3, 0.4) is 0 Å². The minimum atomic E-state index is 0.0301. The molecule has 0 aromatic heterocycles. The number of aliphatic hydroxyl groups is 1. The van der Waals surface area contributed by atoms with Gasteiger partial charge < -0.3 is 14.6 Å². The van der Waals surface area contributed by atoms with Gasteiger partial charge in [-0.15, -0.1) is 0 Å². The van der Waals surface area contributed by atoms with Gasteiger partial charge >= 0.3 is 0 Å². The molecular formula is C33H57NO3. The first-order valence-corrected chi connectivity index (χ1v) is 15.9.